The number of hydrogen-bond donors (Lipinski definition) is 2. The molecule has 0 bridgehead atoms. The molecule has 1 atom stereocenters. The highest BCUT2D eigenvalue weighted by Crippen LogP contribution is 2.14. The molecule has 0 amide bonds. The first-order valence-corrected chi connectivity index (χ1v) is 6.72. The van der Waals surface area contributed by atoms with Crippen molar-refractivity contribution < 1.29 is 0 Å². The summed E-state index contributed by atoms with van der Waals surface area (Å²) in [5, 5.41) is 6.74. The molecule has 0 aliphatic heterocycles. The maximum Gasteiger partial charge on any atom is 0.127 e. The molecule has 0 aliphatic rings. The van der Waals surface area contributed by atoms with Gasteiger partial charge in [-0.15, -0.1) is 0 Å². The van der Waals surface area contributed by atoms with Crippen LogP contribution in [0.1, 0.15) is 46.5 Å². The molecular formula is C14H25N3. The second kappa shape index (κ2) is 7.93. The number of unbranched alkanes of at least 4 members (excludes halogenated alkanes) is 2. The quantitative estimate of drug-likeness (QED) is 0.671. The first-order chi connectivity index (χ1) is 8.26. The number of hydrogen-bond acceptors (Lipinski definition) is 3. The lowest BCUT2D eigenvalue weighted by Crippen LogP contribution is -2.15. The number of anilines is 2. The van der Waals surface area contributed by atoms with Crippen molar-refractivity contribution >= 4 is 11.5 Å². The van der Waals surface area contributed by atoms with Gasteiger partial charge in [0.25, 0.3) is 0 Å². The fraction of sp³-hybridized carbons (Fsp3) is 0.643. The average Bonchev–Trinajstić information content (AvgIpc) is 2.30. The Bertz CT molecular complexity index is 312. The van der Waals surface area contributed by atoms with Crippen molar-refractivity contribution in [2.75, 3.05) is 17.2 Å². The third-order valence-corrected chi connectivity index (χ3v) is 2.77. The Labute approximate surface area is 105 Å². The Morgan fingerprint density at radius 2 is 2.12 bits per heavy atom. The van der Waals surface area contributed by atoms with E-state index in [9.17, 15) is 0 Å². The number of pyridine rings is 1. The van der Waals surface area contributed by atoms with E-state index in [1.165, 1.54) is 25.7 Å². The van der Waals surface area contributed by atoms with Gasteiger partial charge in [-0.3, -0.25) is 0 Å². The van der Waals surface area contributed by atoms with E-state index in [0.29, 0.717) is 6.04 Å². The van der Waals surface area contributed by atoms with Gasteiger partial charge in [-0.25, -0.2) is 4.98 Å². The van der Waals surface area contributed by atoms with E-state index in [2.05, 4.69) is 42.5 Å². The van der Waals surface area contributed by atoms with E-state index in [1.54, 1.807) is 0 Å². The fourth-order valence-corrected chi connectivity index (χ4v) is 1.86. The second-order valence-electron chi connectivity index (χ2n) is 4.50. The van der Waals surface area contributed by atoms with Crippen LogP contribution in [0.5, 0.6) is 0 Å². The largest absolute Gasteiger partial charge is 0.382 e. The topological polar surface area (TPSA) is 37.0 Å². The molecule has 1 unspecified atom stereocenters. The van der Waals surface area contributed by atoms with Gasteiger partial charge in [-0.1, -0.05) is 26.2 Å². The summed E-state index contributed by atoms with van der Waals surface area (Å²) in [6, 6.07) is 4.62. The third kappa shape index (κ3) is 5.57. The van der Waals surface area contributed by atoms with Crippen molar-refractivity contribution in [3.63, 3.8) is 0 Å². The first kappa shape index (κ1) is 13.8. The molecule has 0 aromatic carbocycles. The first-order valence-electron chi connectivity index (χ1n) is 6.72. The van der Waals surface area contributed by atoms with E-state index >= 15 is 0 Å². The van der Waals surface area contributed by atoms with Gasteiger partial charge < -0.3 is 10.6 Å². The molecule has 1 rings (SSSR count). The molecule has 0 saturated carbocycles. The van der Waals surface area contributed by atoms with Crippen LogP contribution in [-0.4, -0.2) is 17.6 Å². The van der Waals surface area contributed by atoms with Gasteiger partial charge in [0.1, 0.15) is 5.82 Å². The van der Waals surface area contributed by atoms with E-state index in [0.717, 1.165) is 18.1 Å². The Morgan fingerprint density at radius 1 is 1.29 bits per heavy atom. The van der Waals surface area contributed by atoms with Crippen molar-refractivity contribution in [1.82, 2.24) is 4.98 Å². The third-order valence-electron chi connectivity index (χ3n) is 2.77. The van der Waals surface area contributed by atoms with Crippen LogP contribution in [0.15, 0.2) is 18.3 Å². The molecule has 17 heavy (non-hydrogen) atoms. The highest BCUT2D eigenvalue weighted by molar-refractivity contribution is 5.52. The van der Waals surface area contributed by atoms with Gasteiger partial charge in [0.2, 0.25) is 0 Å². The molecule has 0 fully saturated rings. The Hall–Kier alpha value is -1.25. The summed E-state index contributed by atoms with van der Waals surface area (Å²) in [5.41, 5.74) is 1.15. The number of nitrogens with zero attached hydrogens (tertiary/aromatic N) is 1. The molecule has 0 radical (unpaired) electrons. The van der Waals surface area contributed by atoms with E-state index in [4.69, 9.17) is 0 Å². The summed E-state index contributed by atoms with van der Waals surface area (Å²) >= 11 is 0. The SMILES string of the molecule is CCCCCC(C)Nc1ccnc(NCC)c1. The molecule has 96 valence electrons. The van der Waals surface area contributed by atoms with E-state index in [-0.39, 0.29) is 0 Å². The molecule has 0 aliphatic carbocycles. The molecule has 1 aromatic rings. The molecule has 0 spiro atoms. The fourth-order valence-electron chi connectivity index (χ4n) is 1.86. The highest BCUT2D eigenvalue weighted by atomic mass is 15.0. The van der Waals surface area contributed by atoms with E-state index in [1.807, 2.05) is 12.3 Å². The summed E-state index contributed by atoms with van der Waals surface area (Å²) in [7, 11) is 0. The lowest BCUT2D eigenvalue weighted by Gasteiger charge is -2.15. The molecule has 1 heterocycles. The zero-order valence-electron chi connectivity index (χ0n) is 11.3. The summed E-state index contributed by atoms with van der Waals surface area (Å²) in [6.45, 7) is 7.46. The average molecular weight is 235 g/mol. The van der Waals surface area contributed by atoms with Gasteiger partial charge in [-0.2, -0.15) is 0 Å². The Kier molecular flexibility index (Phi) is 6.45. The zero-order chi connectivity index (χ0) is 12.5. The lowest BCUT2D eigenvalue weighted by atomic mass is 10.1. The molecule has 0 saturated heterocycles. The van der Waals surface area contributed by atoms with Crippen LogP contribution in [0.2, 0.25) is 0 Å². The van der Waals surface area contributed by atoms with Crippen LogP contribution in [0.25, 0.3) is 0 Å². The Morgan fingerprint density at radius 3 is 2.82 bits per heavy atom. The van der Waals surface area contributed by atoms with Crippen molar-refractivity contribution in [3.8, 4) is 0 Å². The van der Waals surface area contributed by atoms with Crippen molar-refractivity contribution in [2.24, 2.45) is 0 Å². The second-order valence-corrected chi connectivity index (χ2v) is 4.50. The molecule has 3 nitrogen and oxygen atoms in total. The maximum atomic E-state index is 4.26. The van der Waals surface area contributed by atoms with Crippen LogP contribution in [0, 0.1) is 0 Å². The monoisotopic (exact) mass is 235 g/mol. The van der Waals surface area contributed by atoms with Crippen LogP contribution in [0.4, 0.5) is 11.5 Å². The number of aromatic nitrogens is 1. The van der Waals surface area contributed by atoms with Crippen molar-refractivity contribution in [1.29, 1.82) is 0 Å². The summed E-state index contributed by atoms with van der Waals surface area (Å²) in [4.78, 5) is 4.26. The predicted molar refractivity (Wildman–Crippen MR) is 75.6 cm³/mol. The van der Waals surface area contributed by atoms with Gasteiger partial charge in [0, 0.05) is 30.5 Å². The lowest BCUT2D eigenvalue weighted by molar-refractivity contribution is 0.615. The molecule has 2 N–H and O–H groups in total. The van der Waals surface area contributed by atoms with E-state index < -0.39 is 0 Å². The smallest absolute Gasteiger partial charge is 0.127 e. The van der Waals surface area contributed by atoms with Crippen LogP contribution in [-0.2, 0) is 0 Å². The van der Waals surface area contributed by atoms with Gasteiger partial charge in [0.15, 0.2) is 0 Å². The van der Waals surface area contributed by atoms with Gasteiger partial charge in [-0.05, 0) is 26.3 Å². The minimum atomic E-state index is 0.526. The maximum absolute atomic E-state index is 4.26. The van der Waals surface area contributed by atoms with Crippen LogP contribution < -0.4 is 10.6 Å². The normalized spacial score (nSPS) is 12.2. The summed E-state index contributed by atoms with van der Waals surface area (Å²) < 4.78 is 0. The van der Waals surface area contributed by atoms with Crippen molar-refractivity contribution in [2.45, 2.75) is 52.5 Å². The number of nitrogens with one attached hydrogen (secondary N) is 2. The van der Waals surface area contributed by atoms with Gasteiger partial charge in [0.05, 0.1) is 0 Å². The zero-order valence-corrected chi connectivity index (χ0v) is 11.3. The Balaban J connectivity index is 2.41. The minimum Gasteiger partial charge on any atom is -0.382 e. The van der Waals surface area contributed by atoms with Crippen LogP contribution >= 0.6 is 0 Å². The van der Waals surface area contributed by atoms with Gasteiger partial charge >= 0.3 is 0 Å². The molecular weight excluding hydrogens is 210 g/mol. The predicted octanol–water partition coefficient (Wildman–Crippen LogP) is 3.89. The number of rotatable bonds is 8. The highest BCUT2D eigenvalue weighted by Gasteiger charge is 2.02. The summed E-state index contributed by atoms with van der Waals surface area (Å²) in [5.74, 6) is 0.943. The molecule has 3 heteroatoms. The summed E-state index contributed by atoms with van der Waals surface area (Å²) in [6.07, 6.45) is 6.99. The standard InChI is InChI=1S/C14H25N3/c1-4-6-7-8-12(3)17-13-9-10-16-14(11-13)15-5-2/h9-12H,4-8H2,1-3H3,(H2,15,16,17). The van der Waals surface area contributed by atoms with Crippen LogP contribution in [0.3, 0.4) is 0 Å². The van der Waals surface area contributed by atoms with Crippen molar-refractivity contribution in [3.05, 3.63) is 18.3 Å². The molecule has 1 aromatic heterocycles. The minimum absolute atomic E-state index is 0.526.